The first kappa shape index (κ1) is 10.9. The van der Waals surface area contributed by atoms with Gasteiger partial charge in [-0.05, 0) is 24.8 Å². The van der Waals surface area contributed by atoms with Crippen molar-refractivity contribution in [3.8, 4) is 0 Å². The molecule has 0 atom stereocenters. The Morgan fingerprint density at radius 3 is 3.06 bits per heavy atom. The summed E-state index contributed by atoms with van der Waals surface area (Å²) in [5.41, 5.74) is 5.41. The van der Waals surface area contributed by atoms with E-state index in [9.17, 15) is 4.79 Å². The van der Waals surface area contributed by atoms with Crippen molar-refractivity contribution in [2.75, 3.05) is 19.1 Å². The van der Waals surface area contributed by atoms with Gasteiger partial charge in [-0.15, -0.1) is 0 Å². The highest BCUT2D eigenvalue weighted by atomic mass is 16.7. The number of esters is 1. The van der Waals surface area contributed by atoms with Gasteiger partial charge in [0.2, 0.25) is 0 Å². The van der Waals surface area contributed by atoms with E-state index in [1.807, 2.05) is 0 Å². The minimum atomic E-state index is -0.376. The Kier molecular flexibility index (Phi) is 3.40. The number of nitrogens with two attached hydrogens (primary N) is 1. The Hall–Kier alpha value is -1.56. The third-order valence-electron chi connectivity index (χ3n) is 2.31. The Bertz CT molecular complexity index is 360. The summed E-state index contributed by atoms with van der Waals surface area (Å²) in [6.07, 6.45) is 4.07. The molecule has 6 heteroatoms. The maximum absolute atomic E-state index is 11.3. The number of carbonyl (C=O) groups is 1. The third-order valence-corrected chi connectivity index (χ3v) is 2.31. The lowest BCUT2D eigenvalue weighted by atomic mass is 10.5. The van der Waals surface area contributed by atoms with Crippen LogP contribution in [0.15, 0.2) is 12.3 Å². The van der Waals surface area contributed by atoms with Crippen molar-refractivity contribution >= 4 is 11.8 Å². The summed E-state index contributed by atoms with van der Waals surface area (Å²) in [5.74, 6) is 0.682. The summed E-state index contributed by atoms with van der Waals surface area (Å²) in [5, 5.41) is 3.87. The van der Waals surface area contributed by atoms with Crippen LogP contribution in [0.1, 0.15) is 12.8 Å². The Balaban J connectivity index is 1.59. The smallest absolute Gasteiger partial charge is 0.329 e. The molecular formula is C10H15N3O3. The molecule has 1 aromatic rings. The van der Waals surface area contributed by atoms with Gasteiger partial charge in [-0.25, -0.2) is 4.79 Å². The average Bonchev–Trinajstić information content (AvgIpc) is 2.98. The summed E-state index contributed by atoms with van der Waals surface area (Å²) in [7, 11) is 0. The van der Waals surface area contributed by atoms with Crippen LogP contribution in [0.5, 0.6) is 0 Å². The molecule has 6 nitrogen and oxygen atoms in total. The molecule has 1 aliphatic carbocycles. The van der Waals surface area contributed by atoms with Gasteiger partial charge in [0.05, 0.1) is 6.61 Å². The van der Waals surface area contributed by atoms with Crippen molar-refractivity contribution in [2.45, 2.75) is 19.4 Å². The lowest BCUT2D eigenvalue weighted by Crippen LogP contribution is -2.16. The van der Waals surface area contributed by atoms with Crippen molar-refractivity contribution in [3.05, 3.63) is 12.3 Å². The minimum absolute atomic E-state index is 0.0199. The molecule has 2 rings (SSSR count). The molecule has 1 heterocycles. The summed E-state index contributed by atoms with van der Waals surface area (Å²) < 4.78 is 11.5. The number of carbonyl (C=O) groups excluding carboxylic acids is 1. The number of ether oxygens (including phenoxy) is 2. The third kappa shape index (κ3) is 3.54. The van der Waals surface area contributed by atoms with Crippen molar-refractivity contribution in [3.63, 3.8) is 0 Å². The molecule has 0 aliphatic heterocycles. The number of anilines is 1. The SMILES string of the molecule is Nc1ccn(CC(=O)OCOCC2CC2)n1. The quantitative estimate of drug-likeness (QED) is 0.430. The van der Waals surface area contributed by atoms with Crippen molar-refractivity contribution < 1.29 is 14.3 Å². The number of rotatable bonds is 6. The average molecular weight is 225 g/mol. The summed E-state index contributed by atoms with van der Waals surface area (Å²) >= 11 is 0. The van der Waals surface area contributed by atoms with E-state index in [1.165, 1.54) is 17.5 Å². The molecule has 0 unspecified atom stereocenters. The second-order valence-corrected chi connectivity index (χ2v) is 3.89. The standard InChI is InChI=1S/C10H15N3O3/c11-9-3-4-13(12-9)5-10(14)16-7-15-6-8-1-2-8/h3-4,8H,1-2,5-7H2,(H2,11,12). The molecule has 1 saturated carbocycles. The Morgan fingerprint density at radius 1 is 1.62 bits per heavy atom. The van der Waals surface area contributed by atoms with Crippen LogP contribution < -0.4 is 5.73 Å². The van der Waals surface area contributed by atoms with Crippen LogP contribution in [0.25, 0.3) is 0 Å². The molecule has 0 bridgehead atoms. The highest BCUT2D eigenvalue weighted by Crippen LogP contribution is 2.28. The zero-order valence-corrected chi connectivity index (χ0v) is 8.96. The monoisotopic (exact) mass is 225 g/mol. The van der Waals surface area contributed by atoms with Crippen LogP contribution in [0.2, 0.25) is 0 Å². The van der Waals surface area contributed by atoms with Gasteiger partial charge < -0.3 is 15.2 Å². The normalized spacial score (nSPS) is 15.0. The molecule has 2 N–H and O–H groups in total. The van der Waals surface area contributed by atoms with E-state index < -0.39 is 0 Å². The van der Waals surface area contributed by atoms with Gasteiger partial charge in [-0.2, -0.15) is 5.10 Å². The van der Waals surface area contributed by atoms with Crippen LogP contribution in [-0.4, -0.2) is 29.1 Å². The largest absolute Gasteiger partial charge is 0.437 e. The fraction of sp³-hybridized carbons (Fsp3) is 0.600. The fourth-order valence-electron chi connectivity index (χ4n) is 1.25. The van der Waals surface area contributed by atoms with Crippen molar-refractivity contribution in [2.24, 2.45) is 5.92 Å². The lowest BCUT2D eigenvalue weighted by molar-refractivity contribution is -0.157. The minimum Gasteiger partial charge on any atom is -0.437 e. The molecule has 16 heavy (non-hydrogen) atoms. The molecule has 1 aromatic heterocycles. The lowest BCUT2D eigenvalue weighted by Gasteiger charge is -2.05. The molecule has 0 spiro atoms. The van der Waals surface area contributed by atoms with Gasteiger partial charge in [0.25, 0.3) is 0 Å². The topological polar surface area (TPSA) is 79.4 Å². The molecule has 1 fully saturated rings. The first-order valence-corrected chi connectivity index (χ1v) is 5.26. The van der Waals surface area contributed by atoms with Gasteiger partial charge in [-0.3, -0.25) is 4.68 Å². The van der Waals surface area contributed by atoms with Gasteiger partial charge in [0.1, 0.15) is 12.4 Å². The predicted octanol–water partition coefficient (Wildman–Crippen LogP) is 0.393. The van der Waals surface area contributed by atoms with Crippen LogP contribution in [0.4, 0.5) is 5.82 Å². The molecule has 1 aliphatic rings. The number of aromatic nitrogens is 2. The van der Waals surface area contributed by atoms with E-state index in [1.54, 1.807) is 12.3 Å². The molecule has 0 saturated heterocycles. The molecule has 0 aromatic carbocycles. The van der Waals surface area contributed by atoms with Crippen molar-refractivity contribution in [1.82, 2.24) is 9.78 Å². The first-order chi connectivity index (χ1) is 7.74. The van der Waals surface area contributed by atoms with E-state index in [0.717, 1.165) is 0 Å². The van der Waals surface area contributed by atoms with Crippen LogP contribution in [0, 0.1) is 5.92 Å². The predicted molar refractivity (Wildman–Crippen MR) is 56.3 cm³/mol. The number of hydrogen-bond donors (Lipinski definition) is 1. The second-order valence-electron chi connectivity index (χ2n) is 3.89. The van der Waals surface area contributed by atoms with Crippen LogP contribution in [-0.2, 0) is 20.8 Å². The Morgan fingerprint density at radius 2 is 2.44 bits per heavy atom. The van der Waals surface area contributed by atoms with Crippen LogP contribution >= 0.6 is 0 Å². The van der Waals surface area contributed by atoms with E-state index >= 15 is 0 Å². The maximum Gasteiger partial charge on any atom is 0.329 e. The summed E-state index contributed by atoms with van der Waals surface area (Å²) in [6.45, 7) is 0.762. The highest BCUT2D eigenvalue weighted by Gasteiger charge is 2.21. The van der Waals surface area contributed by atoms with Gasteiger partial charge >= 0.3 is 5.97 Å². The molecule has 0 radical (unpaired) electrons. The summed E-state index contributed by atoms with van der Waals surface area (Å²) in [4.78, 5) is 11.3. The number of nitrogen functional groups attached to an aromatic ring is 1. The van der Waals surface area contributed by atoms with Gasteiger partial charge in [0.15, 0.2) is 6.79 Å². The Labute approximate surface area is 93.3 Å². The van der Waals surface area contributed by atoms with E-state index in [0.29, 0.717) is 18.3 Å². The number of hydrogen-bond acceptors (Lipinski definition) is 5. The second kappa shape index (κ2) is 4.98. The van der Waals surface area contributed by atoms with Crippen LogP contribution in [0.3, 0.4) is 0 Å². The zero-order valence-electron chi connectivity index (χ0n) is 8.96. The first-order valence-electron chi connectivity index (χ1n) is 5.26. The molecule has 0 amide bonds. The van der Waals surface area contributed by atoms with E-state index in [4.69, 9.17) is 15.2 Å². The maximum atomic E-state index is 11.3. The van der Waals surface area contributed by atoms with E-state index in [-0.39, 0.29) is 19.3 Å². The van der Waals surface area contributed by atoms with E-state index in [2.05, 4.69) is 5.10 Å². The molecule has 88 valence electrons. The van der Waals surface area contributed by atoms with Crippen molar-refractivity contribution in [1.29, 1.82) is 0 Å². The summed E-state index contributed by atoms with van der Waals surface area (Å²) in [6, 6.07) is 1.62. The van der Waals surface area contributed by atoms with Gasteiger partial charge in [0, 0.05) is 6.20 Å². The highest BCUT2D eigenvalue weighted by molar-refractivity contribution is 5.68. The fourth-order valence-corrected chi connectivity index (χ4v) is 1.25. The number of nitrogens with zero attached hydrogens (tertiary/aromatic N) is 2. The zero-order chi connectivity index (χ0) is 11.4. The molecular weight excluding hydrogens is 210 g/mol. The van der Waals surface area contributed by atoms with Gasteiger partial charge in [-0.1, -0.05) is 0 Å².